The molecule has 0 fully saturated rings. The summed E-state index contributed by atoms with van der Waals surface area (Å²) in [6, 6.07) is 12.2. The molecule has 0 spiro atoms. The number of benzene rings is 2. The minimum atomic E-state index is -3.68. The van der Waals surface area contributed by atoms with Gasteiger partial charge in [-0.2, -0.15) is 0 Å². The molecule has 160 valence electrons. The second-order valence-electron chi connectivity index (χ2n) is 6.39. The van der Waals surface area contributed by atoms with Crippen molar-refractivity contribution in [2.75, 3.05) is 29.0 Å². The lowest BCUT2D eigenvalue weighted by Gasteiger charge is -2.22. The van der Waals surface area contributed by atoms with Crippen molar-refractivity contribution in [2.45, 2.75) is 12.8 Å². The van der Waals surface area contributed by atoms with E-state index in [1.54, 1.807) is 30.3 Å². The van der Waals surface area contributed by atoms with E-state index in [-0.39, 0.29) is 36.7 Å². The van der Waals surface area contributed by atoms with E-state index in [1.807, 2.05) is 0 Å². The van der Waals surface area contributed by atoms with E-state index in [0.717, 1.165) is 10.6 Å². The van der Waals surface area contributed by atoms with Gasteiger partial charge in [-0.15, -0.1) is 0 Å². The van der Waals surface area contributed by atoms with E-state index < -0.39 is 14.9 Å². The Morgan fingerprint density at radius 1 is 1.27 bits per heavy atom. The zero-order chi connectivity index (χ0) is 22.1. The zero-order valence-corrected chi connectivity index (χ0v) is 17.3. The number of ether oxygens (including phenoxy) is 1. The van der Waals surface area contributed by atoms with E-state index in [0.29, 0.717) is 18.0 Å². The summed E-state index contributed by atoms with van der Waals surface area (Å²) in [6.07, 6.45) is 2.92. The van der Waals surface area contributed by atoms with Crippen molar-refractivity contribution in [3.63, 3.8) is 0 Å². The molecular formula is C20H23N3O6S. The normalized spacial score (nSPS) is 10.8. The lowest BCUT2D eigenvalue weighted by atomic mass is 10.2. The van der Waals surface area contributed by atoms with Crippen LogP contribution in [0.25, 0.3) is 0 Å². The standard InChI is InChI=1S/C20H23N3O6S/c1-3-13-29-19-10-4-7-16(14-19)21-20(24)11-6-12-22(30(2,27)28)17-8-5-9-18(15-17)23(25)26/h3-5,7-10,14-15H,1,6,11-13H2,2H3,(H,21,24). The smallest absolute Gasteiger partial charge is 0.271 e. The maximum Gasteiger partial charge on any atom is 0.271 e. The summed E-state index contributed by atoms with van der Waals surface area (Å²) >= 11 is 0. The Morgan fingerprint density at radius 2 is 2.00 bits per heavy atom. The fourth-order valence-electron chi connectivity index (χ4n) is 2.67. The molecule has 1 amide bonds. The molecule has 2 aromatic rings. The van der Waals surface area contributed by atoms with Crippen LogP contribution in [0.2, 0.25) is 0 Å². The number of rotatable bonds is 11. The Hall–Kier alpha value is -3.40. The van der Waals surface area contributed by atoms with Crippen molar-refractivity contribution in [2.24, 2.45) is 0 Å². The van der Waals surface area contributed by atoms with Crippen LogP contribution in [0.1, 0.15) is 12.8 Å². The summed E-state index contributed by atoms with van der Waals surface area (Å²) in [5, 5.41) is 13.7. The number of hydrogen-bond acceptors (Lipinski definition) is 6. The van der Waals surface area contributed by atoms with E-state index >= 15 is 0 Å². The molecule has 0 heterocycles. The highest BCUT2D eigenvalue weighted by Gasteiger charge is 2.20. The van der Waals surface area contributed by atoms with Crippen LogP contribution >= 0.6 is 0 Å². The van der Waals surface area contributed by atoms with Gasteiger partial charge in [-0.3, -0.25) is 19.2 Å². The first kappa shape index (κ1) is 22.9. The van der Waals surface area contributed by atoms with Gasteiger partial charge in [0.2, 0.25) is 15.9 Å². The Balaban J connectivity index is 1.98. The highest BCUT2D eigenvalue weighted by Crippen LogP contribution is 2.24. The first-order valence-corrected chi connectivity index (χ1v) is 10.9. The molecule has 1 N–H and O–H groups in total. The van der Waals surface area contributed by atoms with Gasteiger partial charge in [-0.1, -0.05) is 24.8 Å². The number of nitrogens with zero attached hydrogens (tertiary/aromatic N) is 2. The Labute approximate surface area is 175 Å². The summed E-state index contributed by atoms with van der Waals surface area (Å²) in [5.74, 6) is 0.296. The number of non-ortho nitro benzene ring substituents is 1. The van der Waals surface area contributed by atoms with Crippen LogP contribution in [-0.2, 0) is 14.8 Å². The van der Waals surface area contributed by atoms with Crippen LogP contribution < -0.4 is 14.4 Å². The molecular weight excluding hydrogens is 410 g/mol. The van der Waals surface area contributed by atoms with Gasteiger partial charge in [0.05, 0.1) is 16.9 Å². The topological polar surface area (TPSA) is 119 Å². The van der Waals surface area contributed by atoms with Gasteiger partial charge < -0.3 is 10.1 Å². The Kier molecular flexibility index (Phi) is 7.93. The molecule has 0 aliphatic rings. The van der Waals surface area contributed by atoms with Crippen LogP contribution in [0, 0.1) is 10.1 Å². The third kappa shape index (κ3) is 6.89. The average molecular weight is 433 g/mol. The van der Waals surface area contributed by atoms with Gasteiger partial charge in [-0.25, -0.2) is 8.42 Å². The molecule has 2 rings (SSSR count). The molecule has 0 aliphatic heterocycles. The van der Waals surface area contributed by atoms with Gasteiger partial charge in [0.1, 0.15) is 12.4 Å². The summed E-state index contributed by atoms with van der Waals surface area (Å²) < 4.78 is 30.7. The number of nitrogens with one attached hydrogen (secondary N) is 1. The van der Waals surface area contributed by atoms with E-state index in [2.05, 4.69) is 11.9 Å². The number of sulfonamides is 1. The second kappa shape index (κ2) is 10.4. The number of nitro benzene ring substituents is 1. The zero-order valence-electron chi connectivity index (χ0n) is 16.5. The fourth-order valence-corrected chi connectivity index (χ4v) is 3.63. The van der Waals surface area contributed by atoms with Gasteiger partial charge in [0, 0.05) is 36.9 Å². The van der Waals surface area contributed by atoms with E-state index in [9.17, 15) is 23.3 Å². The molecule has 0 saturated carbocycles. The van der Waals surface area contributed by atoms with Crippen molar-refractivity contribution in [1.29, 1.82) is 0 Å². The van der Waals surface area contributed by atoms with Crippen LogP contribution in [-0.4, -0.2) is 38.7 Å². The molecule has 2 aromatic carbocycles. The fraction of sp³-hybridized carbons (Fsp3) is 0.250. The van der Waals surface area contributed by atoms with E-state index in [4.69, 9.17) is 4.74 Å². The van der Waals surface area contributed by atoms with Crippen molar-refractivity contribution in [1.82, 2.24) is 0 Å². The number of amides is 1. The highest BCUT2D eigenvalue weighted by molar-refractivity contribution is 7.92. The molecule has 0 atom stereocenters. The molecule has 0 aliphatic carbocycles. The molecule has 0 aromatic heterocycles. The molecule has 0 bridgehead atoms. The SMILES string of the molecule is C=CCOc1cccc(NC(=O)CCCN(c2cccc([N+](=O)[O-])c2)S(C)(=O)=O)c1. The van der Waals surface area contributed by atoms with Gasteiger partial charge >= 0.3 is 0 Å². The maximum atomic E-state index is 12.2. The molecule has 30 heavy (non-hydrogen) atoms. The quantitative estimate of drug-likeness (QED) is 0.330. The van der Waals surface area contributed by atoms with Crippen molar-refractivity contribution < 1.29 is 22.9 Å². The summed E-state index contributed by atoms with van der Waals surface area (Å²) in [5.41, 5.74) is 0.525. The molecule has 0 unspecified atom stereocenters. The molecule has 9 nitrogen and oxygen atoms in total. The molecule has 0 saturated heterocycles. The van der Waals surface area contributed by atoms with Gasteiger partial charge in [0.15, 0.2) is 0 Å². The molecule has 10 heteroatoms. The van der Waals surface area contributed by atoms with Crippen LogP contribution in [0.4, 0.5) is 17.1 Å². The number of nitro groups is 1. The largest absolute Gasteiger partial charge is 0.489 e. The average Bonchev–Trinajstić information content (AvgIpc) is 2.69. The first-order chi connectivity index (χ1) is 14.2. The number of carbonyl (C=O) groups excluding carboxylic acids is 1. The summed E-state index contributed by atoms with van der Waals surface area (Å²) in [6.45, 7) is 3.93. The highest BCUT2D eigenvalue weighted by atomic mass is 32.2. The summed E-state index contributed by atoms with van der Waals surface area (Å²) in [4.78, 5) is 22.6. The minimum Gasteiger partial charge on any atom is -0.489 e. The predicted molar refractivity (Wildman–Crippen MR) is 115 cm³/mol. The number of hydrogen-bond donors (Lipinski definition) is 1. The summed E-state index contributed by atoms with van der Waals surface area (Å²) in [7, 11) is -3.68. The van der Waals surface area contributed by atoms with Gasteiger partial charge in [-0.05, 0) is 24.6 Å². The van der Waals surface area contributed by atoms with Gasteiger partial charge in [0.25, 0.3) is 5.69 Å². The van der Waals surface area contributed by atoms with Crippen LogP contribution in [0.15, 0.2) is 61.2 Å². The Morgan fingerprint density at radius 3 is 2.67 bits per heavy atom. The third-order valence-electron chi connectivity index (χ3n) is 3.98. The van der Waals surface area contributed by atoms with Crippen LogP contribution in [0.3, 0.4) is 0 Å². The lowest BCUT2D eigenvalue weighted by molar-refractivity contribution is -0.384. The number of anilines is 2. The third-order valence-corrected chi connectivity index (χ3v) is 5.17. The van der Waals surface area contributed by atoms with Crippen molar-refractivity contribution in [3.8, 4) is 5.75 Å². The maximum absolute atomic E-state index is 12.2. The second-order valence-corrected chi connectivity index (χ2v) is 8.30. The first-order valence-electron chi connectivity index (χ1n) is 9.06. The Bertz CT molecular complexity index is 1020. The minimum absolute atomic E-state index is 0.00983. The number of carbonyl (C=O) groups is 1. The van der Waals surface area contributed by atoms with Crippen LogP contribution in [0.5, 0.6) is 5.75 Å². The van der Waals surface area contributed by atoms with Crippen molar-refractivity contribution >= 4 is 33.0 Å². The lowest BCUT2D eigenvalue weighted by Crippen LogP contribution is -2.31. The molecule has 0 radical (unpaired) electrons. The predicted octanol–water partition coefficient (Wildman–Crippen LogP) is 3.34. The van der Waals surface area contributed by atoms with E-state index in [1.165, 1.54) is 24.3 Å². The monoisotopic (exact) mass is 433 g/mol. The van der Waals surface area contributed by atoms with Crippen molar-refractivity contribution in [3.05, 3.63) is 71.3 Å².